The summed E-state index contributed by atoms with van der Waals surface area (Å²) in [5, 5.41) is 5.97. The first-order valence-electron chi connectivity index (χ1n) is 10.4. The van der Waals surface area contributed by atoms with Gasteiger partial charge < -0.3 is 15.0 Å². The Labute approximate surface area is 180 Å². The van der Waals surface area contributed by atoms with Crippen LogP contribution < -0.4 is 15.5 Å². The van der Waals surface area contributed by atoms with E-state index in [0.29, 0.717) is 35.0 Å². The van der Waals surface area contributed by atoms with Crippen LogP contribution in [0.5, 0.6) is 0 Å². The van der Waals surface area contributed by atoms with E-state index in [-0.39, 0.29) is 17.6 Å². The molecule has 0 spiro atoms. The number of aromatic nitrogens is 3. The fraction of sp³-hybridized carbons (Fsp3) is 0.500. The van der Waals surface area contributed by atoms with Crippen molar-refractivity contribution >= 4 is 27.0 Å². The number of pyridine rings is 1. The van der Waals surface area contributed by atoms with E-state index in [2.05, 4.69) is 25.5 Å². The molecule has 0 saturated carbocycles. The SMILES string of the molecule is CCC1OC(=O)Nc2ncnc(-c3cc(C(F)(F)P)cc(N4C5CCC4CNC5)n3)c21. The maximum absolute atomic E-state index is 14.4. The molecule has 2 saturated heterocycles. The van der Waals surface area contributed by atoms with Crippen LogP contribution in [-0.2, 0) is 10.4 Å². The minimum atomic E-state index is -3.12. The number of piperazine rings is 1. The van der Waals surface area contributed by atoms with Gasteiger partial charge in [0.05, 0.1) is 11.3 Å². The molecule has 2 bridgehead atoms. The number of fused-ring (bicyclic) bond motifs is 3. The van der Waals surface area contributed by atoms with Crippen molar-refractivity contribution in [2.24, 2.45) is 0 Å². The highest BCUT2D eigenvalue weighted by Gasteiger charge is 2.39. The Bertz CT molecular complexity index is 1020. The number of anilines is 2. The molecule has 8 nitrogen and oxygen atoms in total. The molecule has 2 aromatic rings. The van der Waals surface area contributed by atoms with Crippen molar-refractivity contribution in [1.29, 1.82) is 0 Å². The predicted octanol–water partition coefficient (Wildman–Crippen LogP) is 3.42. The molecule has 0 radical (unpaired) electrons. The molecule has 2 fully saturated rings. The Morgan fingerprint density at radius 1 is 1.26 bits per heavy atom. The molecule has 1 amide bonds. The van der Waals surface area contributed by atoms with Crippen LogP contribution in [-0.4, -0.2) is 46.2 Å². The standard InChI is InChI=1S/C20H23F2N6O2P/c1-2-14-16-17(24-9-25-18(16)27-19(29)30-14)13-5-10(20(21,22)31)6-15(26-13)28-11-3-4-12(28)8-23-7-11/h5-6,9,11-12,14,23H,2-4,7-8,31H2,1H3,(H,24,25,27,29). The molecule has 2 aromatic heterocycles. The lowest BCUT2D eigenvalue weighted by Crippen LogP contribution is -2.52. The molecule has 3 aliphatic heterocycles. The molecule has 0 aromatic carbocycles. The predicted molar refractivity (Wildman–Crippen MR) is 114 cm³/mol. The van der Waals surface area contributed by atoms with Gasteiger partial charge in [0.15, 0.2) is 0 Å². The van der Waals surface area contributed by atoms with Crippen LogP contribution in [0.15, 0.2) is 18.5 Å². The van der Waals surface area contributed by atoms with E-state index in [4.69, 9.17) is 9.72 Å². The number of nitrogens with zero attached hydrogens (tertiary/aromatic N) is 4. The van der Waals surface area contributed by atoms with E-state index >= 15 is 0 Å². The van der Waals surface area contributed by atoms with Gasteiger partial charge in [0.1, 0.15) is 29.8 Å². The van der Waals surface area contributed by atoms with E-state index in [9.17, 15) is 13.6 Å². The van der Waals surface area contributed by atoms with Crippen molar-refractivity contribution in [1.82, 2.24) is 20.3 Å². The Hall–Kier alpha value is -2.45. The van der Waals surface area contributed by atoms with Crippen LogP contribution in [0.4, 0.5) is 25.2 Å². The number of hydrogen-bond acceptors (Lipinski definition) is 7. The highest BCUT2D eigenvalue weighted by atomic mass is 31.0. The van der Waals surface area contributed by atoms with E-state index in [1.54, 1.807) is 9.24 Å². The maximum Gasteiger partial charge on any atom is 0.413 e. The summed E-state index contributed by atoms with van der Waals surface area (Å²) < 4.78 is 34.2. The number of amides is 1. The molecule has 11 heteroatoms. The summed E-state index contributed by atoms with van der Waals surface area (Å²) in [7, 11) is 1.60. The molecular weight excluding hydrogens is 425 g/mol. The number of halogens is 2. The van der Waals surface area contributed by atoms with Crippen LogP contribution in [0, 0.1) is 0 Å². The maximum atomic E-state index is 14.4. The second kappa shape index (κ2) is 7.60. The molecule has 2 N–H and O–H groups in total. The van der Waals surface area contributed by atoms with Gasteiger partial charge >= 0.3 is 6.09 Å². The third-order valence-electron chi connectivity index (χ3n) is 6.13. The number of hydrogen-bond donors (Lipinski definition) is 2. The summed E-state index contributed by atoms with van der Waals surface area (Å²) >= 11 is 0. The summed E-state index contributed by atoms with van der Waals surface area (Å²) in [6, 6.07) is 3.26. The van der Waals surface area contributed by atoms with E-state index < -0.39 is 17.9 Å². The third kappa shape index (κ3) is 3.61. The number of carbonyl (C=O) groups is 1. The number of ether oxygens (including phenoxy) is 1. The minimum absolute atomic E-state index is 0.156. The highest BCUT2D eigenvalue weighted by molar-refractivity contribution is 7.17. The van der Waals surface area contributed by atoms with Crippen molar-refractivity contribution < 1.29 is 18.3 Å². The van der Waals surface area contributed by atoms with Crippen LogP contribution in [0.1, 0.15) is 43.4 Å². The lowest BCUT2D eigenvalue weighted by Gasteiger charge is -2.37. The van der Waals surface area contributed by atoms with Gasteiger partial charge in [-0.3, -0.25) is 5.32 Å². The summed E-state index contributed by atoms with van der Waals surface area (Å²) in [4.78, 5) is 27.3. The zero-order valence-electron chi connectivity index (χ0n) is 16.9. The first-order valence-corrected chi connectivity index (χ1v) is 10.9. The summed E-state index contributed by atoms with van der Waals surface area (Å²) in [5.74, 6) is 0.839. The molecule has 164 valence electrons. The van der Waals surface area contributed by atoms with Crippen molar-refractivity contribution in [3.05, 3.63) is 29.6 Å². The van der Waals surface area contributed by atoms with Gasteiger partial charge in [0.25, 0.3) is 5.66 Å². The number of rotatable bonds is 4. The third-order valence-corrected chi connectivity index (χ3v) is 6.46. The lowest BCUT2D eigenvalue weighted by atomic mass is 10.0. The number of cyclic esters (lactones) is 1. The highest BCUT2D eigenvalue weighted by Crippen LogP contribution is 2.42. The Morgan fingerprint density at radius 2 is 2.00 bits per heavy atom. The zero-order valence-corrected chi connectivity index (χ0v) is 18.1. The lowest BCUT2D eigenvalue weighted by molar-refractivity contribution is 0.103. The molecule has 0 aliphatic carbocycles. The second-order valence-corrected chi connectivity index (χ2v) is 8.81. The average molecular weight is 448 g/mol. The van der Waals surface area contributed by atoms with Gasteiger partial charge in [-0.25, -0.2) is 19.7 Å². The van der Waals surface area contributed by atoms with Gasteiger partial charge in [0.2, 0.25) is 0 Å². The minimum Gasteiger partial charge on any atom is -0.441 e. The Morgan fingerprint density at radius 3 is 2.68 bits per heavy atom. The largest absolute Gasteiger partial charge is 0.441 e. The van der Waals surface area contributed by atoms with Crippen molar-refractivity contribution in [3.8, 4) is 11.4 Å². The average Bonchev–Trinajstić information content (AvgIpc) is 3.00. The first-order chi connectivity index (χ1) is 14.8. The van der Waals surface area contributed by atoms with Crippen molar-refractivity contribution in [3.63, 3.8) is 0 Å². The number of nitrogens with one attached hydrogen (secondary N) is 2. The van der Waals surface area contributed by atoms with Gasteiger partial charge in [-0.05, 0) is 31.4 Å². The van der Waals surface area contributed by atoms with Gasteiger partial charge in [-0.2, -0.15) is 8.78 Å². The fourth-order valence-corrected chi connectivity index (χ4v) is 4.89. The molecule has 5 heterocycles. The molecule has 3 aliphatic rings. The van der Waals surface area contributed by atoms with Crippen molar-refractivity contribution in [2.75, 3.05) is 23.3 Å². The fourth-order valence-electron chi connectivity index (χ4n) is 4.72. The molecule has 5 rings (SSSR count). The first kappa shape index (κ1) is 20.5. The molecular formula is C20H23F2N6O2P. The number of carbonyl (C=O) groups excluding carboxylic acids is 1. The smallest absolute Gasteiger partial charge is 0.413 e. The molecule has 31 heavy (non-hydrogen) atoms. The molecule has 4 unspecified atom stereocenters. The van der Waals surface area contributed by atoms with Crippen molar-refractivity contribution in [2.45, 2.75) is 50.0 Å². The monoisotopic (exact) mass is 448 g/mol. The quantitative estimate of drug-likeness (QED) is 0.693. The van der Waals surface area contributed by atoms with Gasteiger partial charge in [-0.15, -0.1) is 0 Å². The zero-order chi connectivity index (χ0) is 21.8. The van der Waals surface area contributed by atoms with Gasteiger partial charge in [0, 0.05) is 30.7 Å². The summed E-state index contributed by atoms with van der Waals surface area (Å²) in [6.07, 6.45) is 2.61. The van der Waals surface area contributed by atoms with E-state index in [0.717, 1.165) is 25.9 Å². The van der Waals surface area contributed by atoms with Crippen LogP contribution in [0.25, 0.3) is 11.4 Å². The normalized spacial score (nSPS) is 25.1. The van der Waals surface area contributed by atoms with Gasteiger partial charge in [-0.1, -0.05) is 16.2 Å². The van der Waals surface area contributed by atoms with Crippen LogP contribution >= 0.6 is 9.24 Å². The topological polar surface area (TPSA) is 92.3 Å². The Kier molecular flexibility index (Phi) is 5.01. The van der Waals surface area contributed by atoms with Crippen LogP contribution in [0.2, 0.25) is 0 Å². The molecule has 4 atom stereocenters. The second-order valence-electron chi connectivity index (χ2n) is 8.08. The van der Waals surface area contributed by atoms with E-state index in [1.165, 1.54) is 18.5 Å². The number of alkyl halides is 2. The van der Waals surface area contributed by atoms with E-state index in [1.807, 2.05) is 6.92 Å². The summed E-state index contributed by atoms with van der Waals surface area (Å²) in [6.45, 7) is 3.47. The van der Waals surface area contributed by atoms with Crippen LogP contribution in [0.3, 0.4) is 0 Å². The Balaban J connectivity index is 1.67. The summed E-state index contributed by atoms with van der Waals surface area (Å²) in [5.41, 5.74) is -2.03.